The van der Waals surface area contributed by atoms with Crippen molar-refractivity contribution in [2.45, 2.75) is 51.3 Å². The number of hydrogen-bond acceptors (Lipinski definition) is 8. The van der Waals surface area contributed by atoms with E-state index in [-0.39, 0.29) is 12.1 Å². The molecule has 0 saturated heterocycles. The van der Waals surface area contributed by atoms with Gasteiger partial charge in [-0.15, -0.1) is 0 Å². The molecular weight excluding hydrogens is 418 g/mol. The molecule has 1 aliphatic carbocycles. The van der Waals surface area contributed by atoms with Gasteiger partial charge >= 0.3 is 0 Å². The maximum atomic E-state index is 11.4. The highest BCUT2D eigenvalue weighted by Crippen LogP contribution is 2.27. The van der Waals surface area contributed by atoms with E-state index in [1.165, 1.54) is 0 Å². The number of sulfonamides is 1. The molecule has 0 bridgehead atoms. The van der Waals surface area contributed by atoms with E-state index in [1.54, 1.807) is 30.6 Å². The molecule has 0 unspecified atom stereocenters. The molecule has 1 aliphatic rings. The van der Waals surface area contributed by atoms with Gasteiger partial charge in [0.05, 0.1) is 18.7 Å². The summed E-state index contributed by atoms with van der Waals surface area (Å²) >= 11 is 0. The number of fused-ring (bicyclic) bond motifs is 1. The molecule has 0 spiro atoms. The Hall–Kier alpha value is -2.92. The first-order chi connectivity index (χ1) is 14.8. The summed E-state index contributed by atoms with van der Waals surface area (Å²) in [6.07, 6.45) is 5.91. The zero-order valence-corrected chi connectivity index (χ0v) is 18.4. The molecule has 1 aromatic carbocycles. The fourth-order valence-electron chi connectivity index (χ4n) is 3.70. The standard InChI is InChI=1S/C20H27N7O3S/c1-3-27-12-21-17-18(22-13-4-6-15(7-5-13)26-31(2,29)30)24-20(25-19(17)27)23-14-8-10-16(28)11-9-14/h4-7,12,14,16,26,28H,3,8-11H2,1-2H3,(H2,22,23,24,25)/t14-,16-. The van der Waals surface area contributed by atoms with Gasteiger partial charge in [-0.3, -0.25) is 4.72 Å². The van der Waals surface area contributed by atoms with Crippen LogP contribution in [0, 0.1) is 0 Å². The Morgan fingerprint density at radius 2 is 1.77 bits per heavy atom. The number of benzene rings is 1. The Morgan fingerprint density at radius 1 is 1.10 bits per heavy atom. The molecule has 31 heavy (non-hydrogen) atoms. The number of nitrogens with one attached hydrogen (secondary N) is 3. The normalized spacial score (nSPS) is 19.3. The van der Waals surface area contributed by atoms with Gasteiger partial charge in [-0.2, -0.15) is 9.97 Å². The lowest BCUT2D eigenvalue weighted by Crippen LogP contribution is -2.29. The molecule has 1 saturated carbocycles. The zero-order chi connectivity index (χ0) is 22.0. The van der Waals surface area contributed by atoms with E-state index in [9.17, 15) is 13.5 Å². The smallest absolute Gasteiger partial charge is 0.229 e. The first-order valence-electron chi connectivity index (χ1n) is 10.3. The van der Waals surface area contributed by atoms with Crippen molar-refractivity contribution in [2.75, 3.05) is 21.6 Å². The third-order valence-corrected chi connectivity index (χ3v) is 5.89. The summed E-state index contributed by atoms with van der Waals surface area (Å²) in [6, 6.07) is 7.12. The van der Waals surface area contributed by atoms with Crippen molar-refractivity contribution >= 4 is 44.3 Å². The second-order valence-electron chi connectivity index (χ2n) is 7.82. The van der Waals surface area contributed by atoms with Crippen molar-refractivity contribution in [3.05, 3.63) is 30.6 Å². The predicted molar refractivity (Wildman–Crippen MR) is 121 cm³/mol. The highest BCUT2D eigenvalue weighted by atomic mass is 32.2. The van der Waals surface area contributed by atoms with E-state index in [2.05, 4.69) is 30.3 Å². The molecule has 4 N–H and O–H groups in total. The number of aromatic nitrogens is 4. The molecular formula is C20H27N7O3S. The Balaban J connectivity index is 1.60. The average Bonchev–Trinajstić information content (AvgIpc) is 3.13. The number of aliphatic hydroxyl groups excluding tert-OH is 1. The van der Waals surface area contributed by atoms with E-state index >= 15 is 0 Å². The lowest BCUT2D eigenvalue weighted by atomic mass is 9.93. The minimum absolute atomic E-state index is 0.216. The van der Waals surface area contributed by atoms with Gasteiger partial charge in [-0.05, 0) is 56.9 Å². The van der Waals surface area contributed by atoms with Gasteiger partial charge in [0.15, 0.2) is 17.0 Å². The molecule has 0 radical (unpaired) electrons. The molecule has 0 aliphatic heterocycles. The summed E-state index contributed by atoms with van der Waals surface area (Å²) in [5, 5.41) is 16.4. The van der Waals surface area contributed by atoms with Crippen molar-refractivity contribution in [1.29, 1.82) is 0 Å². The van der Waals surface area contributed by atoms with Crippen LogP contribution < -0.4 is 15.4 Å². The van der Waals surface area contributed by atoms with Crippen LogP contribution in [0.15, 0.2) is 30.6 Å². The van der Waals surface area contributed by atoms with Crippen LogP contribution in [0.5, 0.6) is 0 Å². The molecule has 10 nitrogen and oxygen atoms in total. The Labute approximate surface area is 181 Å². The highest BCUT2D eigenvalue weighted by molar-refractivity contribution is 7.92. The summed E-state index contributed by atoms with van der Waals surface area (Å²) in [7, 11) is -3.33. The minimum atomic E-state index is -3.33. The molecule has 2 heterocycles. The van der Waals surface area contributed by atoms with Crippen LogP contribution in [0.1, 0.15) is 32.6 Å². The van der Waals surface area contributed by atoms with Crippen molar-refractivity contribution in [2.24, 2.45) is 0 Å². The number of imidazole rings is 1. The van der Waals surface area contributed by atoms with Gasteiger partial charge in [0.1, 0.15) is 0 Å². The molecule has 0 atom stereocenters. The van der Waals surface area contributed by atoms with Crippen molar-refractivity contribution in [1.82, 2.24) is 19.5 Å². The van der Waals surface area contributed by atoms with Crippen LogP contribution >= 0.6 is 0 Å². The lowest BCUT2D eigenvalue weighted by Gasteiger charge is -2.26. The van der Waals surface area contributed by atoms with Gasteiger partial charge in [0.25, 0.3) is 0 Å². The van der Waals surface area contributed by atoms with Gasteiger partial charge < -0.3 is 20.3 Å². The van der Waals surface area contributed by atoms with Crippen LogP contribution in [0.2, 0.25) is 0 Å². The number of hydrogen-bond donors (Lipinski definition) is 4. The Kier molecular flexibility index (Phi) is 5.96. The number of aryl methyl sites for hydroxylation is 1. The van der Waals surface area contributed by atoms with Gasteiger partial charge in [0.2, 0.25) is 16.0 Å². The van der Waals surface area contributed by atoms with E-state index in [0.29, 0.717) is 23.0 Å². The van der Waals surface area contributed by atoms with Crippen LogP contribution in [-0.4, -0.2) is 51.4 Å². The second-order valence-corrected chi connectivity index (χ2v) is 9.57. The summed E-state index contributed by atoms with van der Waals surface area (Å²) in [6.45, 7) is 2.76. The van der Waals surface area contributed by atoms with Crippen molar-refractivity contribution < 1.29 is 13.5 Å². The van der Waals surface area contributed by atoms with E-state index in [1.807, 2.05) is 11.5 Å². The molecule has 2 aromatic heterocycles. The van der Waals surface area contributed by atoms with Gasteiger partial charge in [-0.1, -0.05) is 0 Å². The average molecular weight is 446 g/mol. The molecule has 166 valence electrons. The topological polar surface area (TPSA) is 134 Å². The number of nitrogens with zero attached hydrogens (tertiary/aromatic N) is 4. The molecule has 0 amide bonds. The predicted octanol–water partition coefficient (Wildman–Crippen LogP) is 2.68. The summed E-state index contributed by atoms with van der Waals surface area (Å²) < 4.78 is 27.2. The third-order valence-electron chi connectivity index (χ3n) is 5.29. The van der Waals surface area contributed by atoms with E-state index < -0.39 is 10.0 Å². The largest absolute Gasteiger partial charge is 0.393 e. The van der Waals surface area contributed by atoms with Crippen LogP contribution in [0.4, 0.5) is 23.1 Å². The maximum Gasteiger partial charge on any atom is 0.229 e. The Morgan fingerprint density at radius 3 is 2.42 bits per heavy atom. The summed E-state index contributed by atoms with van der Waals surface area (Å²) in [5.74, 6) is 1.08. The van der Waals surface area contributed by atoms with Gasteiger partial charge in [0, 0.05) is 24.0 Å². The third kappa shape index (κ3) is 5.23. The zero-order valence-electron chi connectivity index (χ0n) is 17.5. The molecule has 11 heteroatoms. The molecule has 4 rings (SSSR count). The lowest BCUT2D eigenvalue weighted by molar-refractivity contribution is 0.126. The molecule has 1 fully saturated rings. The fraction of sp³-hybridized carbons (Fsp3) is 0.450. The second kappa shape index (κ2) is 8.67. The van der Waals surface area contributed by atoms with E-state index in [0.717, 1.165) is 49.8 Å². The van der Waals surface area contributed by atoms with Crippen LogP contribution in [0.25, 0.3) is 11.2 Å². The molecule has 3 aromatic rings. The first kappa shape index (κ1) is 21.3. The van der Waals surface area contributed by atoms with Crippen molar-refractivity contribution in [3.63, 3.8) is 0 Å². The highest BCUT2D eigenvalue weighted by Gasteiger charge is 2.21. The van der Waals surface area contributed by atoms with Crippen LogP contribution in [-0.2, 0) is 16.6 Å². The summed E-state index contributed by atoms with van der Waals surface area (Å²) in [5.41, 5.74) is 2.62. The van der Waals surface area contributed by atoms with E-state index in [4.69, 9.17) is 0 Å². The number of aliphatic hydroxyl groups is 1. The summed E-state index contributed by atoms with van der Waals surface area (Å²) in [4.78, 5) is 13.8. The van der Waals surface area contributed by atoms with Crippen molar-refractivity contribution in [3.8, 4) is 0 Å². The number of rotatable bonds is 7. The fourth-order valence-corrected chi connectivity index (χ4v) is 4.27. The van der Waals surface area contributed by atoms with Gasteiger partial charge in [-0.25, -0.2) is 13.4 Å². The van der Waals surface area contributed by atoms with Crippen LogP contribution in [0.3, 0.4) is 0 Å². The maximum absolute atomic E-state index is 11.4. The Bertz CT molecular complexity index is 1150. The monoisotopic (exact) mass is 445 g/mol. The first-order valence-corrected chi connectivity index (χ1v) is 12.2. The number of anilines is 4. The SMILES string of the molecule is CCn1cnc2c(Nc3ccc(NS(C)(=O)=O)cc3)nc(N[C@H]3CC[C@H](O)CC3)nc21. The minimum Gasteiger partial charge on any atom is -0.393 e. The quantitative estimate of drug-likeness (QED) is 0.436.